The van der Waals surface area contributed by atoms with Gasteiger partial charge in [0.1, 0.15) is 0 Å². The van der Waals surface area contributed by atoms with Crippen LogP contribution >= 0.6 is 27.5 Å². The van der Waals surface area contributed by atoms with E-state index in [1.54, 1.807) is 12.1 Å². The van der Waals surface area contributed by atoms with Gasteiger partial charge in [0.25, 0.3) is 0 Å². The summed E-state index contributed by atoms with van der Waals surface area (Å²) in [6.45, 7) is 3.30. The zero-order chi connectivity index (χ0) is 13.8. The Morgan fingerprint density at radius 1 is 1.63 bits per heavy atom. The van der Waals surface area contributed by atoms with Crippen molar-refractivity contribution in [1.82, 2.24) is 5.32 Å². The van der Waals surface area contributed by atoms with Crippen molar-refractivity contribution in [2.45, 2.75) is 25.8 Å². The summed E-state index contributed by atoms with van der Waals surface area (Å²) in [7, 11) is 0. The van der Waals surface area contributed by atoms with Crippen molar-refractivity contribution in [2.24, 2.45) is 0 Å². The van der Waals surface area contributed by atoms with Crippen LogP contribution in [0.5, 0.6) is 5.75 Å². The monoisotopic (exact) mass is 346 g/mol. The van der Waals surface area contributed by atoms with Crippen molar-refractivity contribution in [2.75, 3.05) is 18.5 Å². The van der Waals surface area contributed by atoms with Crippen molar-refractivity contribution in [3.63, 3.8) is 0 Å². The van der Waals surface area contributed by atoms with Gasteiger partial charge in [-0.25, -0.2) is 0 Å². The quantitative estimate of drug-likeness (QED) is 0.879. The maximum atomic E-state index is 12.1. The van der Waals surface area contributed by atoms with E-state index in [0.717, 1.165) is 23.9 Å². The molecule has 1 heterocycles. The van der Waals surface area contributed by atoms with Crippen molar-refractivity contribution >= 4 is 39.1 Å². The molecule has 0 bridgehead atoms. The normalized spacial score (nSPS) is 18.4. The van der Waals surface area contributed by atoms with E-state index in [-0.39, 0.29) is 11.9 Å². The molecule has 0 aromatic heterocycles. The molecule has 1 amide bonds. The Balaban J connectivity index is 2.20. The van der Waals surface area contributed by atoms with Crippen LogP contribution in [0.1, 0.15) is 19.8 Å². The molecule has 0 spiro atoms. The lowest BCUT2D eigenvalue weighted by molar-refractivity contribution is -0.117. The van der Waals surface area contributed by atoms with Crippen molar-refractivity contribution in [3.05, 3.63) is 21.6 Å². The first-order valence-electron chi connectivity index (χ1n) is 6.28. The highest BCUT2D eigenvalue weighted by Crippen LogP contribution is 2.36. The van der Waals surface area contributed by atoms with Crippen molar-refractivity contribution in [1.29, 1.82) is 0 Å². The molecule has 6 heteroatoms. The predicted octanol–water partition coefficient (Wildman–Crippen LogP) is 3.19. The Labute approximate surface area is 126 Å². The fourth-order valence-electron chi connectivity index (χ4n) is 2.07. The van der Waals surface area contributed by atoms with Gasteiger partial charge in [0.2, 0.25) is 5.91 Å². The fourth-order valence-corrected chi connectivity index (χ4v) is 3.00. The van der Waals surface area contributed by atoms with Crippen LogP contribution in [0.3, 0.4) is 0 Å². The van der Waals surface area contributed by atoms with Crippen LogP contribution in [-0.2, 0) is 4.79 Å². The summed E-state index contributed by atoms with van der Waals surface area (Å²) < 4.78 is 6.28. The summed E-state index contributed by atoms with van der Waals surface area (Å²) in [5.74, 6) is 0.561. The summed E-state index contributed by atoms with van der Waals surface area (Å²) in [5, 5.41) is 6.58. The van der Waals surface area contributed by atoms with Crippen molar-refractivity contribution < 1.29 is 9.53 Å². The zero-order valence-corrected chi connectivity index (χ0v) is 13.0. The fraction of sp³-hybridized carbons (Fsp3) is 0.462. The average molecular weight is 348 g/mol. The topological polar surface area (TPSA) is 50.4 Å². The molecule has 1 fully saturated rings. The van der Waals surface area contributed by atoms with Gasteiger partial charge < -0.3 is 15.4 Å². The van der Waals surface area contributed by atoms with Crippen LogP contribution in [0.15, 0.2) is 16.6 Å². The lowest BCUT2D eigenvalue weighted by Gasteiger charge is -2.16. The van der Waals surface area contributed by atoms with Crippen LogP contribution in [0.2, 0.25) is 5.02 Å². The van der Waals surface area contributed by atoms with Crippen LogP contribution in [0.4, 0.5) is 5.69 Å². The maximum absolute atomic E-state index is 12.1. The molecule has 1 aliphatic rings. The molecule has 2 rings (SSSR count). The largest absolute Gasteiger partial charge is 0.491 e. The minimum atomic E-state index is -0.132. The van der Waals surface area contributed by atoms with Gasteiger partial charge in [-0.2, -0.15) is 0 Å². The predicted molar refractivity (Wildman–Crippen MR) is 80.0 cm³/mol. The lowest BCUT2D eigenvalue weighted by Crippen LogP contribution is -2.35. The van der Waals surface area contributed by atoms with Crippen LogP contribution in [0.25, 0.3) is 0 Å². The number of ether oxygens (including phenoxy) is 1. The minimum absolute atomic E-state index is 0.0485. The number of rotatable bonds is 4. The number of nitrogens with one attached hydrogen (secondary N) is 2. The van der Waals surface area contributed by atoms with E-state index in [1.807, 2.05) is 6.92 Å². The summed E-state index contributed by atoms with van der Waals surface area (Å²) in [6.07, 6.45) is 1.88. The third kappa shape index (κ3) is 3.61. The highest BCUT2D eigenvalue weighted by molar-refractivity contribution is 9.10. The number of carbonyl (C=O) groups excluding carboxylic acids is 1. The SMILES string of the molecule is CCOc1c(Br)cc(Cl)cc1NC(=O)C1CCCN1. The minimum Gasteiger partial charge on any atom is -0.491 e. The second kappa shape index (κ2) is 6.59. The van der Waals surface area contributed by atoms with Gasteiger partial charge in [-0.3, -0.25) is 4.79 Å². The van der Waals surface area contributed by atoms with E-state index in [1.165, 1.54) is 0 Å². The van der Waals surface area contributed by atoms with Gasteiger partial charge in [0.05, 0.1) is 22.8 Å². The zero-order valence-electron chi connectivity index (χ0n) is 10.6. The number of carbonyl (C=O) groups is 1. The molecule has 4 nitrogen and oxygen atoms in total. The Morgan fingerprint density at radius 2 is 2.42 bits per heavy atom. The van der Waals surface area contributed by atoms with Gasteiger partial charge in [0.15, 0.2) is 5.75 Å². The van der Waals surface area contributed by atoms with Gasteiger partial charge in [-0.1, -0.05) is 11.6 Å². The third-order valence-corrected chi connectivity index (χ3v) is 3.74. The standard InChI is InChI=1S/C13H16BrClN2O2/c1-2-19-12-9(14)6-8(15)7-11(12)17-13(18)10-4-3-5-16-10/h6-7,10,16H,2-5H2,1H3,(H,17,18). The average Bonchev–Trinajstić information content (AvgIpc) is 2.87. The molecule has 2 N–H and O–H groups in total. The highest BCUT2D eigenvalue weighted by atomic mass is 79.9. The van der Waals surface area contributed by atoms with E-state index in [4.69, 9.17) is 16.3 Å². The number of anilines is 1. The Hall–Kier alpha value is -0.780. The van der Waals surface area contributed by atoms with E-state index < -0.39 is 0 Å². The first-order valence-corrected chi connectivity index (χ1v) is 7.45. The Morgan fingerprint density at radius 3 is 3.05 bits per heavy atom. The molecule has 19 heavy (non-hydrogen) atoms. The molecule has 1 atom stereocenters. The van der Waals surface area contributed by atoms with E-state index in [2.05, 4.69) is 26.6 Å². The molecule has 0 saturated carbocycles. The van der Waals surface area contributed by atoms with E-state index in [0.29, 0.717) is 23.1 Å². The number of hydrogen-bond acceptors (Lipinski definition) is 3. The third-order valence-electron chi connectivity index (χ3n) is 2.93. The van der Waals surface area contributed by atoms with E-state index >= 15 is 0 Å². The summed E-state index contributed by atoms with van der Waals surface area (Å²) in [4.78, 5) is 12.1. The number of amides is 1. The molecular formula is C13H16BrClN2O2. The molecule has 1 unspecified atom stereocenters. The number of benzene rings is 1. The summed E-state index contributed by atoms with van der Waals surface area (Å²) in [5.41, 5.74) is 0.597. The molecule has 0 radical (unpaired) electrons. The molecular weight excluding hydrogens is 332 g/mol. The van der Waals surface area contributed by atoms with Gasteiger partial charge in [0, 0.05) is 5.02 Å². The molecule has 1 aliphatic heterocycles. The lowest BCUT2D eigenvalue weighted by atomic mass is 10.2. The first-order chi connectivity index (χ1) is 9.11. The van der Waals surface area contributed by atoms with Crippen LogP contribution in [-0.4, -0.2) is 25.1 Å². The first kappa shape index (κ1) is 14.6. The Bertz CT molecular complexity index is 476. The van der Waals surface area contributed by atoms with Crippen molar-refractivity contribution in [3.8, 4) is 5.75 Å². The Kier molecular flexibility index (Phi) is 5.07. The van der Waals surface area contributed by atoms with Gasteiger partial charge in [-0.05, 0) is 54.4 Å². The van der Waals surface area contributed by atoms with Gasteiger partial charge >= 0.3 is 0 Å². The van der Waals surface area contributed by atoms with E-state index in [9.17, 15) is 4.79 Å². The smallest absolute Gasteiger partial charge is 0.241 e. The summed E-state index contributed by atoms with van der Waals surface area (Å²) >= 11 is 9.41. The summed E-state index contributed by atoms with van der Waals surface area (Å²) in [6, 6.07) is 3.31. The second-order valence-corrected chi connectivity index (χ2v) is 5.63. The van der Waals surface area contributed by atoms with Gasteiger partial charge in [-0.15, -0.1) is 0 Å². The second-order valence-electron chi connectivity index (χ2n) is 4.34. The molecule has 1 aromatic rings. The van der Waals surface area contributed by atoms with Crippen LogP contribution < -0.4 is 15.4 Å². The van der Waals surface area contributed by atoms with Crippen LogP contribution in [0, 0.1) is 0 Å². The number of halogens is 2. The molecule has 1 saturated heterocycles. The molecule has 104 valence electrons. The maximum Gasteiger partial charge on any atom is 0.241 e. The number of hydrogen-bond donors (Lipinski definition) is 2. The molecule has 0 aliphatic carbocycles. The highest BCUT2D eigenvalue weighted by Gasteiger charge is 2.23. The molecule has 1 aromatic carbocycles.